The number of hydrogen-bond acceptors (Lipinski definition) is 3. The summed E-state index contributed by atoms with van der Waals surface area (Å²) >= 11 is 0. The van der Waals surface area contributed by atoms with Gasteiger partial charge in [-0.2, -0.15) is 0 Å². The van der Waals surface area contributed by atoms with Gasteiger partial charge in [0.2, 0.25) is 0 Å². The lowest BCUT2D eigenvalue weighted by Crippen LogP contribution is -2.16. The maximum Gasteiger partial charge on any atom is 0.411 e. The van der Waals surface area contributed by atoms with E-state index >= 15 is 0 Å². The van der Waals surface area contributed by atoms with E-state index in [1.807, 2.05) is 13.0 Å². The van der Waals surface area contributed by atoms with Crippen LogP contribution in [0.2, 0.25) is 0 Å². The normalized spacial score (nSPS) is 10.1. The summed E-state index contributed by atoms with van der Waals surface area (Å²) in [5, 5.41) is 11.7. The van der Waals surface area contributed by atoms with Crippen LogP contribution in [0.25, 0.3) is 0 Å². The molecule has 0 radical (unpaired) electrons. The van der Waals surface area contributed by atoms with Crippen LogP contribution in [0.1, 0.15) is 49.0 Å². The molecule has 5 heteroatoms. The molecule has 0 aromatic heterocycles. The number of ether oxygens (including phenoxy) is 1. The Balaban J connectivity index is 2.84. The van der Waals surface area contributed by atoms with E-state index in [9.17, 15) is 14.7 Å². The van der Waals surface area contributed by atoms with E-state index in [1.54, 1.807) is 12.1 Å². The third-order valence-electron chi connectivity index (χ3n) is 2.81. The van der Waals surface area contributed by atoms with Crippen LogP contribution in [0.4, 0.5) is 10.5 Å². The Hall–Kier alpha value is -2.04. The van der Waals surface area contributed by atoms with Gasteiger partial charge >= 0.3 is 12.1 Å². The van der Waals surface area contributed by atoms with Crippen molar-refractivity contribution in [1.29, 1.82) is 0 Å². The van der Waals surface area contributed by atoms with E-state index in [4.69, 9.17) is 4.74 Å². The fourth-order valence-electron chi connectivity index (χ4n) is 1.75. The van der Waals surface area contributed by atoms with Gasteiger partial charge < -0.3 is 9.84 Å². The van der Waals surface area contributed by atoms with Crippen molar-refractivity contribution in [2.45, 2.75) is 39.5 Å². The first-order valence-electron chi connectivity index (χ1n) is 6.88. The van der Waals surface area contributed by atoms with Crippen LogP contribution >= 0.6 is 0 Å². The monoisotopic (exact) mass is 279 g/mol. The molecule has 1 amide bonds. The molecule has 0 fully saturated rings. The Morgan fingerprint density at radius 1 is 1.25 bits per heavy atom. The molecule has 2 N–H and O–H groups in total. The van der Waals surface area contributed by atoms with Crippen LogP contribution in [0.15, 0.2) is 18.2 Å². The van der Waals surface area contributed by atoms with Crippen molar-refractivity contribution in [3.05, 3.63) is 29.3 Å². The van der Waals surface area contributed by atoms with E-state index in [0.717, 1.165) is 31.2 Å². The third-order valence-corrected chi connectivity index (χ3v) is 2.81. The average Bonchev–Trinajstić information content (AvgIpc) is 2.43. The number of aryl methyl sites for hydroxylation is 1. The lowest BCUT2D eigenvalue weighted by atomic mass is 10.0. The highest BCUT2D eigenvalue weighted by Crippen LogP contribution is 2.19. The summed E-state index contributed by atoms with van der Waals surface area (Å²) in [5.41, 5.74) is 1.31. The standard InChI is InChI=1S/C15H21NO4/c1-3-5-6-11-7-8-13(12(10-11)14(17)18)16-15(19)20-9-4-2/h7-8,10H,3-6,9H2,1-2H3,(H,16,19)(H,17,18). The minimum atomic E-state index is -1.06. The molecule has 20 heavy (non-hydrogen) atoms. The minimum Gasteiger partial charge on any atom is -0.478 e. The van der Waals surface area contributed by atoms with Crippen LogP contribution in [-0.4, -0.2) is 23.8 Å². The Morgan fingerprint density at radius 2 is 2.00 bits per heavy atom. The highest BCUT2D eigenvalue weighted by atomic mass is 16.5. The number of aromatic carboxylic acids is 1. The molecule has 1 aromatic carbocycles. The second-order valence-electron chi connectivity index (χ2n) is 4.55. The minimum absolute atomic E-state index is 0.0899. The number of carboxylic acid groups (broad SMARTS) is 1. The molecular weight excluding hydrogens is 258 g/mol. The van der Waals surface area contributed by atoms with Gasteiger partial charge in [0.15, 0.2) is 0 Å². The van der Waals surface area contributed by atoms with Crippen molar-refractivity contribution in [1.82, 2.24) is 0 Å². The summed E-state index contributed by atoms with van der Waals surface area (Å²) in [4.78, 5) is 22.7. The summed E-state index contributed by atoms with van der Waals surface area (Å²) in [5.74, 6) is -1.06. The van der Waals surface area contributed by atoms with Crippen LogP contribution in [0.3, 0.4) is 0 Å². The van der Waals surface area contributed by atoms with E-state index < -0.39 is 12.1 Å². The van der Waals surface area contributed by atoms with Gasteiger partial charge in [-0.15, -0.1) is 0 Å². The molecule has 0 aliphatic carbocycles. The van der Waals surface area contributed by atoms with Crippen LogP contribution in [-0.2, 0) is 11.2 Å². The molecule has 0 bridgehead atoms. The predicted octanol–water partition coefficient (Wildman–Crippen LogP) is 3.69. The molecule has 1 aromatic rings. The van der Waals surface area contributed by atoms with Gasteiger partial charge in [0, 0.05) is 0 Å². The lowest BCUT2D eigenvalue weighted by Gasteiger charge is -2.10. The zero-order valence-corrected chi connectivity index (χ0v) is 11.9. The SMILES string of the molecule is CCCCc1ccc(NC(=O)OCCC)c(C(=O)O)c1. The largest absolute Gasteiger partial charge is 0.478 e. The van der Waals surface area contributed by atoms with Gasteiger partial charge in [-0.25, -0.2) is 9.59 Å². The van der Waals surface area contributed by atoms with Gasteiger partial charge in [-0.1, -0.05) is 26.3 Å². The van der Waals surface area contributed by atoms with Crippen molar-refractivity contribution < 1.29 is 19.4 Å². The summed E-state index contributed by atoms with van der Waals surface area (Å²) in [6.45, 7) is 4.28. The molecule has 0 unspecified atom stereocenters. The van der Waals surface area contributed by atoms with Gasteiger partial charge in [0.25, 0.3) is 0 Å². The number of nitrogens with one attached hydrogen (secondary N) is 1. The molecule has 0 aliphatic heterocycles. The van der Waals surface area contributed by atoms with Crippen LogP contribution < -0.4 is 5.32 Å². The van der Waals surface area contributed by atoms with Crippen molar-refractivity contribution in [3.63, 3.8) is 0 Å². The highest BCUT2D eigenvalue weighted by Gasteiger charge is 2.13. The van der Waals surface area contributed by atoms with Crippen LogP contribution in [0.5, 0.6) is 0 Å². The number of carboxylic acids is 1. The van der Waals surface area contributed by atoms with Gasteiger partial charge in [0.1, 0.15) is 0 Å². The number of hydrogen-bond donors (Lipinski definition) is 2. The number of carbonyl (C=O) groups excluding carboxylic acids is 1. The smallest absolute Gasteiger partial charge is 0.411 e. The van der Waals surface area contributed by atoms with Crippen molar-refractivity contribution in [2.24, 2.45) is 0 Å². The lowest BCUT2D eigenvalue weighted by molar-refractivity contribution is 0.0698. The summed E-state index contributed by atoms with van der Waals surface area (Å²) < 4.78 is 4.88. The van der Waals surface area contributed by atoms with E-state index in [0.29, 0.717) is 6.61 Å². The maximum atomic E-state index is 11.5. The molecule has 0 aliphatic rings. The fourth-order valence-corrected chi connectivity index (χ4v) is 1.75. The second-order valence-corrected chi connectivity index (χ2v) is 4.55. The molecule has 0 spiro atoms. The van der Waals surface area contributed by atoms with Gasteiger partial charge in [-0.05, 0) is 37.0 Å². The number of rotatable bonds is 7. The van der Waals surface area contributed by atoms with Crippen molar-refractivity contribution >= 4 is 17.7 Å². The Bertz CT molecular complexity index is 471. The Morgan fingerprint density at radius 3 is 2.60 bits per heavy atom. The van der Waals surface area contributed by atoms with Crippen molar-refractivity contribution in [3.8, 4) is 0 Å². The molecule has 0 saturated heterocycles. The molecule has 110 valence electrons. The van der Waals surface area contributed by atoms with E-state index in [-0.39, 0.29) is 11.3 Å². The van der Waals surface area contributed by atoms with E-state index in [2.05, 4.69) is 12.2 Å². The molecule has 1 rings (SSSR count). The first-order chi connectivity index (χ1) is 9.58. The van der Waals surface area contributed by atoms with Crippen LogP contribution in [0, 0.1) is 0 Å². The quantitative estimate of drug-likeness (QED) is 0.798. The summed E-state index contributed by atoms with van der Waals surface area (Å²) in [7, 11) is 0. The maximum absolute atomic E-state index is 11.5. The predicted molar refractivity (Wildman–Crippen MR) is 77.3 cm³/mol. The van der Waals surface area contributed by atoms with Gasteiger partial charge in [0.05, 0.1) is 17.9 Å². The number of amides is 1. The highest BCUT2D eigenvalue weighted by molar-refractivity contribution is 5.98. The number of unbranched alkanes of at least 4 members (excludes halogenated alkanes) is 1. The topological polar surface area (TPSA) is 75.6 Å². The molecule has 0 saturated carbocycles. The second kappa shape index (κ2) is 8.19. The Labute approximate surface area is 118 Å². The number of carbonyl (C=O) groups is 2. The first kappa shape index (κ1) is 16.0. The Kier molecular flexibility index (Phi) is 6.56. The number of anilines is 1. The average molecular weight is 279 g/mol. The van der Waals surface area contributed by atoms with Gasteiger partial charge in [-0.3, -0.25) is 5.32 Å². The number of benzene rings is 1. The summed E-state index contributed by atoms with van der Waals surface area (Å²) in [6, 6.07) is 5.05. The molecule has 0 heterocycles. The first-order valence-corrected chi connectivity index (χ1v) is 6.88. The zero-order valence-electron chi connectivity index (χ0n) is 11.9. The third kappa shape index (κ3) is 4.91. The zero-order chi connectivity index (χ0) is 15.0. The molecule has 5 nitrogen and oxygen atoms in total. The van der Waals surface area contributed by atoms with Crippen molar-refractivity contribution in [2.75, 3.05) is 11.9 Å². The fraction of sp³-hybridized carbons (Fsp3) is 0.467. The summed E-state index contributed by atoms with van der Waals surface area (Å²) in [6.07, 6.45) is 2.97. The molecular formula is C15H21NO4. The molecule has 0 atom stereocenters. The van der Waals surface area contributed by atoms with E-state index in [1.165, 1.54) is 0 Å².